The number of aliphatic hydroxyl groups is 1. The molecule has 0 unspecified atom stereocenters. The lowest BCUT2D eigenvalue weighted by atomic mass is 9.79. The van der Waals surface area contributed by atoms with Crippen molar-refractivity contribution in [2.45, 2.75) is 50.4 Å². The monoisotopic (exact) mass is 356 g/mol. The SMILES string of the molecule is CO[C@@]12CC[C@H](O)C[C@@H]1N(C(=O)c1cnn(-c3ccccn3)c1C)CC2. The molecule has 0 aromatic carbocycles. The maximum atomic E-state index is 13.2. The first kappa shape index (κ1) is 17.2. The molecule has 138 valence electrons. The number of likely N-dealkylation sites (tertiary alicyclic amines) is 1. The summed E-state index contributed by atoms with van der Waals surface area (Å²) in [6.45, 7) is 2.52. The zero-order valence-corrected chi connectivity index (χ0v) is 15.1. The van der Waals surface area contributed by atoms with Crippen LogP contribution in [0.4, 0.5) is 0 Å². The van der Waals surface area contributed by atoms with Gasteiger partial charge in [0, 0.05) is 19.9 Å². The van der Waals surface area contributed by atoms with Crippen LogP contribution in [0.15, 0.2) is 30.6 Å². The average molecular weight is 356 g/mol. The second-order valence-electron chi connectivity index (χ2n) is 7.20. The van der Waals surface area contributed by atoms with E-state index in [1.54, 1.807) is 24.2 Å². The molecule has 26 heavy (non-hydrogen) atoms. The highest BCUT2D eigenvalue weighted by atomic mass is 16.5. The molecule has 7 nitrogen and oxygen atoms in total. The number of pyridine rings is 1. The first-order valence-corrected chi connectivity index (χ1v) is 9.06. The van der Waals surface area contributed by atoms with E-state index in [0.717, 1.165) is 25.0 Å². The van der Waals surface area contributed by atoms with E-state index in [1.165, 1.54) is 0 Å². The third kappa shape index (κ3) is 2.62. The summed E-state index contributed by atoms with van der Waals surface area (Å²) in [5, 5.41) is 14.5. The summed E-state index contributed by atoms with van der Waals surface area (Å²) in [7, 11) is 1.71. The fourth-order valence-electron chi connectivity index (χ4n) is 4.40. The van der Waals surface area contributed by atoms with Gasteiger partial charge in [-0.15, -0.1) is 0 Å². The average Bonchev–Trinajstić information content (AvgIpc) is 3.23. The van der Waals surface area contributed by atoms with Crippen LogP contribution in [-0.4, -0.2) is 62.1 Å². The molecule has 1 aliphatic heterocycles. The molecule has 4 rings (SSSR count). The molecule has 2 fully saturated rings. The molecule has 1 saturated carbocycles. The predicted octanol–water partition coefficient (Wildman–Crippen LogP) is 1.72. The summed E-state index contributed by atoms with van der Waals surface area (Å²) in [6.07, 6.45) is 5.81. The van der Waals surface area contributed by atoms with Crippen LogP contribution in [0.25, 0.3) is 5.82 Å². The van der Waals surface area contributed by atoms with Crippen molar-refractivity contribution < 1.29 is 14.6 Å². The van der Waals surface area contributed by atoms with E-state index in [2.05, 4.69) is 10.1 Å². The molecular weight excluding hydrogens is 332 g/mol. The molecule has 1 aliphatic carbocycles. The lowest BCUT2D eigenvalue weighted by Gasteiger charge is -2.42. The Hall–Kier alpha value is -2.25. The second-order valence-corrected chi connectivity index (χ2v) is 7.20. The van der Waals surface area contributed by atoms with Gasteiger partial charge in [0.1, 0.15) is 0 Å². The lowest BCUT2D eigenvalue weighted by molar-refractivity contribution is -0.0824. The number of aliphatic hydroxyl groups excluding tert-OH is 1. The molecule has 1 N–H and O–H groups in total. The van der Waals surface area contributed by atoms with Gasteiger partial charge in [0.15, 0.2) is 5.82 Å². The summed E-state index contributed by atoms with van der Waals surface area (Å²) in [4.78, 5) is 19.4. The van der Waals surface area contributed by atoms with E-state index in [9.17, 15) is 9.90 Å². The highest BCUT2D eigenvalue weighted by Gasteiger charge is 2.52. The zero-order valence-electron chi connectivity index (χ0n) is 15.1. The number of fused-ring (bicyclic) bond motifs is 1. The summed E-state index contributed by atoms with van der Waals surface area (Å²) in [5.74, 6) is 0.632. The van der Waals surface area contributed by atoms with Crippen LogP contribution in [-0.2, 0) is 4.74 Å². The van der Waals surface area contributed by atoms with Crippen LogP contribution in [0.3, 0.4) is 0 Å². The van der Waals surface area contributed by atoms with E-state index >= 15 is 0 Å². The maximum absolute atomic E-state index is 13.2. The van der Waals surface area contributed by atoms with Crippen molar-refractivity contribution >= 4 is 5.91 Å². The molecule has 0 spiro atoms. The largest absolute Gasteiger partial charge is 0.393 e. The molecule has 1 saturated heterocycles. The number of carbonyl (C=O) groups excluding carboxylic acids is 1. The molecule has 7 heteroatoms. The van der Waals surface area contributed by atoms with Crippen LogP contribution in [0.2, 0.25) is 0 Å². The zero-order chi connectivity index (χ0) is 18.3. The van der Waals surface area contributed by atoms with Gasteiger partial charge in [-0.25, -0.2) is 9.67 Å². The van der Waals surface area contributed by atoms with Gasteiger partial charge in [-0.3, -0.25) is 4.79 Å². The number of aromatic nitrogens is 3. The van der Waals surface area contributed by atoms with Crippen molar-refractivity contribution in [2.75, 3.05) is 13.7 Å². The minimum Gasteiger partial charge on any atom is -0.393 e. The molecule has 3 heterocycles. The number of hydrogen-bond donors (Lipinski definition) is 1. The van der Waals surface area contributed by atoms with Crippen LogP contribution in [0, 0.1) is 6.92 Å². The third-order valence-corrected chi connectivity index (χ3v) is 5.93. The van der Waals surface area contributed by atoms with Crippen molar-refractivity contribution in [1.29, 1.82) is 0 Å². The second kappa shape index (κ2) is 6.48. The van der Waals surface area contributed by atoms with E-state index < -0.39 is 0 Å². The number of ether oxygens (including phenoxy) is 1. The predicted molar refractivity (Wildman–Crippen MR) is 95.1 cm³/mol. The van der Waals surface area contributed by atoms with Gasteiger partial charge < -0.3 is 14.7 Å². The highest BCUT2D eigenvalue weighted by molar-refractivity contribution is 5.95. The Bertz CT molecular complexity index is 806. The Morgan fingerprint density at radius 2 is 2.23 bits per heavy atom. The van der Waals surface area contributed by atoms with Crippen molar-refractivity contribution in [3.05, 3.63) is 41.9 Å². The highest BCUT2D eigenvalue weighted by Crippen LogP contribution is 2.43. The smallest absolute Gasteiger partial charge is 0.257 e. The molecule has 0 radical (unpaired) electrons. The van der Waals surface area contributed by atoms with Crippen molar-refractivity contribution in [2.24, 2.45) is 0 Å². The summed E-state index contributed by atoms with van der Waals surface area (Å²) in [5.41, 5.74) is 1.00. The standard InChI is InChI=1S/C19H24N4O3/c1-13-15(12-21-23(13)17-5-3-4-9-20-17)18(25)22-10-8-19(26-2)7-6-14(24)11-16(19)22/h3-5,9,12,14,16,24H,6-8,10-11H2,1-2H3/t14-,16-,19+/m0/s1. The Balaban J connectivity index is 1.63. The maximum Gasteiger partial charge on any atom is 0.257 e. The van der Waals surface area contributed by atoms with Gasteiger partial charge in [0.2, 0.25) is 0 Å². The first-order valence-electron chi connectivity index (χ1n) is 9.06. The summed E-state index contributed by atoms with van der Waals surface area (Å²) < 4.78 is 7.52. The van der Waals surface area contributed by atoms with E-state index in [0.29, 0.717) is 24.3 Å². The number of methoxy groups -OCH3 is 1. The number of carbonyl (C=O) groups is 1. The molecule has 0 bridgehead atoms. The Kier molecular flexibility index (Phi) is 4.28. The van der Waals surface area contributed by atoms with Crippen LogP contribution in [0.1, 0.15) is 41.7 Å². The van der Waals surface area contributed by atoms with E-state index in [-0.39, 0.29) is 23.7 Å². The number of nitrogens with zero attached hydrogens (tertiary/aromatic N) is 4. The van der Waals surface area contributed by atoms with Gasteiger partial charge in [0.05, 0.1) is 35.2 Å². The van der Waals surface area contributed by atoms with Gasteiger partial charge in [-0.05, 0) is 44.7 Å². The van der Waals surface area contributed by atoms with Gasteiger partial charge in [0.25, 0.3) is 5.91 Å². The van der Waals surface area contributed by atoms with Crippen molar-refractivity contribution in [3.63, 3.8) is 0 Å². The van der Waals surface area contributed by atoms with Crippen molar-refractivity contribution in [3.8, 4) is 5.82 Å². The lowest BCUT2D eigenvalue weighted by Crippen LogP contribution is -2.52. The Labute approximate surface area is 152 Å². The fraction of sp³-hybridized carbons (Fsp3) is 0.526. The normalized spacial score (nSPS) is 28.2. The fourth-order valence-corrected chi connectivity index (χ4v) is 4.40. The van der Waals surface area contributed by atoms with Crippen LogP contribution in [0.5, 0.6) is 0 Å². The Morgan fingerprint density at radius 3 is 2.96 bits per heavy atom. The summed E-state index contributed by atoms with van der Waals surface area (Å²) in [6, 6.07) is 5.50. The molecular formula is C19H24N4O3. The minimum absolute atomic E-state index is 0.0530. The molecule has 2 aromatic heterocycles. The molecule has 2 aliphatic rings. The first-order chi connectivity index (χ1) is 12.6. The minimum atomic E-state index is -0.381. The van der Waals surface area contributed by atoms with Gasteiger partial charge in [-0.2, -0.15) is 5.10 Å². The Morgan fingerprint density at radius 1 is 1.38 bits per heavy atom. The summed E-state index contributed by atoms with van der Waals surface area (Å²) >= 11 is 0. The number of rotatable bonds is 3. The van der Waals surface area contributed by atoms with Crippen molar-refractivity contribution in [1.82, 2.24) is 19.7 Å². The molecule has 2 aromatic rings. The topological polar surface area (TPSA) is 80.5 Å². The van der Waals surface area contributed by atoms with Crippen LogP contribution < -0.4 is 0 Å². The third-order valence-electron chi connectivity index (χ3n) is 5.93. The van der Waals surface area contributed by atoms with E-state index in [4.69, 9.17) is 4.74 Å². The number of amides is 1. The molecule has 1 amide bonds. The van der Waals surface area contributed by atoms with Gasteiger partial charge in [-0.1, -0.05) is 6.07 Å². The number of hydrogen-bond acceptors (Lipinski definition) is 5. The molecule has 3 atom stereocenters. The van der Waals surface area contributed by atoms with E-state index in [1.807, 2.05) is 30.0 Å². The van der Waals surface area contributed by atoms with Gasteiger partial charge >= 0.3 is 0 Å². The van der Waals surface area contributed by atoms with Crippen LogP contribution >= 0.6 is 0 Å². The quantitative estimate of drug-likeness (QED) is 0.906.